The maximum absolute atomic E-state index is 5.17. The second-order valence-corrected chi connectivity index (χ2v) is 13.8. The Morgan fingerprint density at radius 1 is 0.385 bits per heavy atom. The highest BCUT2D eigenvalue weighted by Crippen LogP contribution is 2.47. The van der Waals surface area contributed by atoms with Gasteiger partial charge in [-0.1, -0.05) is 97.1 Å². The van der Waals surface area contributed by atoms with Crippen molar-refractivity contribution in [2.75, 3.05) is 0 Å². The average Bonchev–Trinajstić information content (AvgIpc) is 3.83. The van der Waals surface area contributed by atoms with E-state index < -0.39 is 0 Å². The fraction of sp³-hybridized carbons (Fsp3) is 0. The number of benzene rings is 7. The second kappa shape index (κ2) is 10.3. The highest BCUT2D eigenvalue weighted by molar-refractivity contribution is 6.18. The molecule has 52 heavy (non-hydrogen) atoms. The highest BCUT2D eigenvalue weighted by Gasteiger charge is 2.25. The molecule has 4 aromatic heterocycles. The van der Waals surface area contributed by atoms with Gasteiger partial charge in [-0.3, -0.25) is 9.55 Å². The molecule has 4 heteroatoms. The standard InChI is InChI=1S/C48H28N4/c1-2-12-33(13-3-1)51-43-21-19-32(26-39(43)40-24-29-10-4-5-11-30(29)27-45(40)51)31-20-22-44-38(25-31)34-14-6-7-18-42(34)52(44)48-37-16-8-15-35-36-17-9-23-49-47(36)41(28-50-48)46(35)37/h1-28H. The van der Waals surface area contributed by atoms with Crippen LogP contribution in [0, 0.1) is 0 Å². The molecule has 0 aliphatic heterocycles. The number of fused-ring (bicyclic) bond motifs is 10. The van der Waals surface area contributed by atoms with Crippen molar-refractivity contribution >= 4 is 65.2 Å². The summed E-state index contributed by atoms with van der Waals surface area (Å²) in [5.74, 6) is 0.940. The topological polar surface area (TPSA) is 35.6 Å². The van der Waals surface area contributed by atoms with Crippen LogP contribution in [0.1, 0.15) is 0 Å². The summed E-state index contributed by atoms with van der Waals surface area (Å²) in [6.07, 6.45) is 3.88. The van der Waals surface area contributed by atoms with Crippen molar-refractivity contribution in [2.45, 2.75) is 0 Å². The molecule has 0 saturated carbocycles. The molecule has 1 aliphatic rings. The van der Waals surface area contributed by atoms with Gasteiger partial charge in [-0.25, -0.2) is 4.98 Å². The van der Waals surface area contributed by atoms with E-state index in [9.17, 15) is 0 Å². The van der Waals surface area contributed by atoms with E-state index in [0.717, 1.165) is 39.2 Å². The van der Waals surface area contributed by atoms with Crippen molar-refractivity contribution in [2.24, 2.45) is 0 Å². The predicted molar refractivity (Wildman–Crippen MR) is 216 cm³/mol. The quantitative estimate of drug-likeness (QED) is 0.189. The highest BCUT2D eigenvalue weighted by atomic mass is 15.1. The number of pyridine rings is 2. The van der Waals surface area contributed by atoms with Gasteiger partial charge in [0.2, 0.25) is 0 Å². The summed E-state index contributed by atoms with van der Waals surface area (Å²) in [6.45, 7) is 0. The number of hydrogen-bond acceptors (Lipinski definition) is 2. The van der Waals surface area contributed by atoms with Crippen molar-refractivity contribution in [1.82, 2.24) is 19.1 Å². The minimum atomic E-state index is 0.940. The van der Waals surface area contributed by atoms with Gasteiger partial charge >= 0.3 is 0 Å². The van der Waals surface area contributed by atoms with E-state index in [1.807, 2.05) is 18.5 Å². The number of rotatable bonds is 3. The first-order valence-electron chi connectivity index (χ1n) is 17.7. The number of aromatic nitrogens is 4. The molecule has 1 aliphatic carbocycles. The minimum absolute atomic E-state index is 0.940. The van der Waals surface area contributed by atoms with Crippen LogP contribution in [0.25, 0.3) is 110 Å². The van der Waals surface area contributed by atoms with E-state index in [2.05, 4.69) is 161 Å². The van der Waals surface area contributed by atoms with E-state index >= 15 is 0 Å². The molecule has 0 atom stereocenters. The van der Waals surface area contributed by atoms with Crippen molar-refractivity contribution in [3.8, 4) is 45.0 Å². The van der Waals surface area contributed by atoms with E-state index in [1.165, 1.54) is 71.0 Å². The number of nitrogens with zero attached hydrogens (tertiary/aromatic N) is 4. The van der Waals surface area contributed by atoms with Crippen LogP contribution in [0.5, 0.6) is 0 Å². The first-order chi connectivity index (χ1) is 25.8. The zero-order chi connectivity index (χ0) is 33.9. The fourth-order valence-electron chi connectivity index (χ4n) is 8.83. The lowest BCUT2D eigenvalue weighted by atomic mass is 10.00. The molecule has 0 fully saturated rings. The van der Waals surface area contributed by atoms with E-state index in [4.69, 9.17) is 9.97 Å². The molecule has 0 saturated heterocycles. The minimum Gasteiger partial charge on any atom is -0.309 e. The van der Waals surface area contributed by atoms with Crippen molar-refractivity contribution in [3.63, 3.8) is 0 Å². The van der Waals surface area contributed by atoms with Crippen LogP contribution in [-0.2, 0) is 0 Å². The first-order valence-corrected chi connectivity index (χ1v) is 17.7. The third-order valence-corrected chi connectivity index (χ3v) is 11.1. The molecule has 0 amide bonds. The van der Waals surface area contributed by atoms with Gasteiger partial charge in [0.1, 0.15) is 5.82 Å². The van der Waals surface area contributed by atoms with Gasteiger partial charge in [-0.05, 0) is 88.1 Å². The lowest BCUT2D eigenvalue weighted by Crippen LogP contribution is -1.99. The van der Waals surface area contributed by atoms with Gasteiger partial charge in [0.05, 0.1) is 27.8 Å². The lowest BCUT2D eigenvalue weighted by Gasteiger charge is -2.12. The van der Waals surface area contributed by atoms with Gasteiger partial charge < -0.3 is 4.57 Å². The van der Waals surface area contributed by atoms with Crippen molar-refractivity contribution < 1.29 is 0 Å². The molecule has 0 unspecified atom stereocenters. The molecule has 0 N–H and O–H groups in total. The van der Waals surface area contributed by atoms with Crippen LogP contribution in [-0.4, -0.2) is 19.1 Å². The summed E-state index contributed by atoms with van der Waals surface area (Å²) in [5.41, 5.74) is 12.8. The third kappa shape index (κ3) is 3.70. The van der Waals surface area contributed by atoms with Gasteiger partial charge in [-0.2, -0.15) is 0 Å². The Morgan fingerprint density at radius 2 is 1.04 bits per heavy atom. The third-order valence-electron chi connectivity index (χ3n) is 11.1. The summed E-state index contributed by atoms with van der Waals surface area (Å²) in [6, 6.07) is 57.3. The molecule has 7 aromatic carbocycles. The Hall–Kier alpha value is -7.04. The molecular formula is C48H28N4. The monoisotopic (exact) mass is 660 g/mol. The lowest BCUT2D eigenvalue weighted by molar-refractivity contribution is 1.10. The summed E-state index contributed by atoms with van der Waals surface area (Å²) >= 11 is 0. The molecule has 0 radical (unpaired) electrons. The summed E-state index contributed by atoms with van der Waals surface area (Å²) in [4.78, 5) is 9.91. The Balaban J connectivity index is 1.08. The Bertz CT molecular complexity index is 3260. The second-order valence-electron chi connectivity index (χ2n) is 13.8. The summed E-state index contributed by atoms with van der Waals surface area (Å²) < 4.78 is 4.74. The predicted octanol–water partition coefficient (Wildman–Crippen LogP) is 12.3. The number of hydrogen-bond donors (Lipinski definition) is 0. The van der Waals surface area contributed by atoms with Crippen LogP contribution >= 0.6 is 0 Å². The molecule has 4 heterocycles. The van der Waals surface area contributed by atoms with E-state index in [0.29, 0.717) is 0 Å². The Labute approximate surface area is 298 Å². The van der Waals surface area contributed by atoms with Crippen LogP contribution in [0.15, 0.2) is 170 Å². The van der Waals surface area contributed by atoms with Crippen molar-refractivity contribution in [1.29, 1.82) is 0 Å². The van der Waals surface area contributed by atoms with Crippen LogP contribution in [0.4, 0.5) is 0 Å². The zero-order valence-corrected chi connectivity index (χ0v) is 28.0. The van der Waals surface area contributed by atoms with Crippen LogP contribution in [0.3, 0.4) is 0 Å². The summed E-state index contributed by atoms with van der Waals surface area (Å²) in [7, 11) is 0. The Morgan fingerprint density at radius 3 is 1.88 bits per heavy atom. The normalized spacial score (nSPS) is 12.2. The van der Waals surface area contributed by atoms with E-state index in [1.54, 1.807) is 0 Å². The maximum Gasteiger partial charge on any atom is 0.145 e. The molecule has 4 nitrogen and oxygen atoms in total. The van der Waals surface area contributed by atoms with Gasteiger partial charge in [0.25, 0.3) is 0 Å². The zero-order valence-electron chi connectivity index (χ0n) is 28.0. The summed E-state index contributed by atoms with van der Waals surface area (Å²) in [5, 5.41) is 9.77. The first kappa shape index (κ1) is 27.7. The molecule has 240 valence electrons. The maximum atomic E-state index is 5.17. The Kier molecular flexibility index (Phi) is 5.47. The molecule has 0 bridgehead atoms. The van der Waals surface area contributed by atoms with Crippen LogP contribution in [0.2, 0.25) is 0 Å². The molecule has 12 rings (SSSR count). The molecule has 0 spiro atoms. The molecule has 11 aromatic rings. The SMILES string of the molecule is c1ccc(-n2c3ccc(-c4ccc5c(c4)c4ccccc4n5-c4ncc5c6c(cccc46)-c4cccnc4-5)cc3c3cc4ccccc4cc32)cc1. The average molecular weight is 661 g/mol. The van der Waals surface area contributed by atoms with Crippen molar-refractivity contribution in [3.05, 3.63) is 170 Å². The molecular weight excluding hydrogens is 633 g/mol. The smallest absolute Gasteiger partial charge is 0.145 e. The van der Waals surface area contributed by atoms with Gasteiger partial charge in [0.15, 0.2) is 0 Å². The van der Waals surface area contributed by atoms with E-state index in [-0.39, 0.29) is 0 Å². The number of para-hydroxylation sites is 2. The largest absolute Gasteiger partial charge is 0.309 e. The van der Waals surface area contributed by atoms with Gasteiger partial charge in [-0.15, -0.1) is 0 Å². The van der Waals surface area contributed by atoms with Gasteiger partial charge in [0, 0.05) is 61.5 Å². The van der Waals surface area contributed by atoms with Crippen LogP contribution < -0.4 is 0 Å². The fourth-order valence-corrected chi connectivity index (χ4v) is 8.83.